The summed E-state index contributed by atoms with van der Waals surface area (Å²) in [7, 11) is 0. The number of nitrogens with one attached hydrogen (secondary N) is 1. The number of amidine groups is 1. The minimum atomic E-state index is -0.761. The first kappa shape index (κ1) is 14.1. The van der Waals surface area contributed by atoms with Crippen LogP contribution in [0, 0.1) is 5.41 Å². The number of carbonyl (C=O) groups is 1. The van der Waals surface area contributed by atoms with Gasteiger partial charge in [-0.25, -0.2) is 0 Å². The minimum Gasteiger partial charge on any atom is -0.409 e. The zero-order valence-corrected chi connectivity index (χ0v) is 11.6. The maximum atomic E-state index is 12.4. The molecule has 0 aromatic carbocycles. The number of oxime groups is 1. The molecule has 1 saturated carbocycles. The Labute approximate surface area is 114 Å². The fourth-order valence-electron chi connectivity index (χ4n) is 3.01. The van der Waals surface area contributed by atoms with Crippen molar-refractivity contribution in [3.63, 3.8) is 0 Å². The SMILES string of the molecule is CCN1CCCC(NC(=O)C2(C(N)=NO)CCC2)C1. The summed E-state index contributed by atoms with van der Waals surface area (Å²) in [5.74, 6) is -0.0172. The molecule has 2 fully saturated rings. The topological polar surface area (TPSA) is 91.0 Å². The standard InChI is InChI=1S/C13H24N4O2/c1-2-17-8-3-5-10(9-17)15-12(18)13(6-4-7-13)11(14)16-19/h10,19H,2-9H2,1H3,(H2,14,16)(H,15,18). The van der Waals surface area contributed by atoms with Gasteiger partial charge in [-0.05, 0) is 38.8 Å². The number of rotatable bonds is 4. The van der Waals surface area contributed by atoms with Gasteiger partial charge in [-0.2, -0.15) is 0 Å². The van der Waals surface area contributed by atoms with Crippen molar-refractivity contribution in [1.29, 1.82) is 0 Å². The van der Waals surface area contributed by atoms with E-state index in [9.17, 15) is 4.79 Å². The third-order valence-electron chi connectivity index (χ3n) is 4.53. The smallest absolute Gasteiger partial charge is 0.234 e. The van der Waals surface area contributed by atoms with Crippen molar-refractivity contribution >= 4 is 11.7 Å². The molecule has 0 spiro atoms. The molecule has 1 saturated heterocycles. The number of carbonyl (C=O) groups excluding carboxylic acids is 1. The van der Waals surface area contributed by atoms with Gasteiger partial charge in [0.25, 0.3) is 0 Å². The van der Waals surface area contributed by atoms with Crippen LogP contribution in [-0.4, -0.2) is 47.5 Å². The second kappa shape index (κ2) is 5.77. The van der Waals surface area contributed by atoms with E-state index in [1.165, 1.54) is 0 Å². The summed E-state index contributed by atoms with van der Waals surface area (Å²) in [5.41, 5.74) is 4.94. The molecule has 1 aliphatic carbocycles. The Balaban J connectivity index is 1.96. The largest absolute Gasteiger partial charge is 0.409 e. The van der Waals surface area contributed by atoms with Crippen LogP contribution in [0.4, 0.5) is 0 Å². The van der Waals surface area contributed by atoms with E-state index in [0.717, 1.165) is 38.9 Å². The predicted octanol–water partition coefficient (Wildman–Crippen LogP) is 0.504. The lowest BCUT2D eigenvalue weighted by Crippen LogP contribution is -2.58. The summed E-state index contributed by atoms with van der Waals surface area (Å²) in [6, 6.07) is 0.185. The molecule has 0 aromatic rings. The summed E-state index contributed by atoms with van der Waals surface area (Å²) in [5, 5.41) is 15.0. The van der Waals surface area contributed by atoms with Crippen LogP contribution in [0.15, 0.2) is 5.16 Å². The Kier molecular flexibility index (Phi) is 4.29. The average Bonchev–Trinajstić information content (AvgIpc) is 2.37. The van der Waals surface area contributed by atoms with E-state index in [-0.39, 0.29) is 17.8 Å². The zero-order valence-electron chi connectivity index (χ0n) is 11.6. The van der Waals surface area contributed by atoms with Crippen molar-refractivity contribution < 1.29 is 10.0 Å². The van der Waals surface area contributed by atoms with Crippen molar-refractivity contribution in [2.24, 2.45) is 16.3 Å². The third-order valence-corrected chi connectivity index (χ3v) is 4.53. The van der Waals surface area contributed by atoms with E-state index >= 15 is 0 Å². The summed E-state index contributed by atoms with van der Waals surface area (Å²) in [6.07, 6.45) is 4.43. The Morgan fingerprint density at radius 2 is 2.26 bits per heavy atom. The first-order valence-electron chi connectivity index (χ1n) is 7.13. The molecular formula is C13H24N4O2. The highest BCUT2D eigenvalue weighted by atomic mass is 16.4. The van der Waals surface area contributed by atoms with Crippen LogP contribution in [0.3, 0.4) is 0 Å². The van der Waals surface area contributed by atoms with Crippen molar-refractivity contribution in [3.8, 4) is 0 Å². The number of hydrogen-bond donors (Lipinski definition) is 3. The number of nitrogens with zero attached hydrogens (tertiary/aromatic N) is 2. The summed E-state index contributed by atoms with van der Waals surface area (Å²) < 4.78 is 0. The highest BCUT2D eigenvalue weighted by Crippen LogP contribution is 2.41. The van der Waals surface area contributed by atoms with E-state index in [2.05, 4.69) is 22.3 Å². The molecule has 0 aromatic heterocycles. The van der Waals surface area contributed by atoms with Gasteiger partial charge in [0.15, 0.2) is 5.84 Å². The highest BCUT2D eigenvalue weighted by Gasteiger charge is 2.48. The first-order chi connectivity index (χ1) is 9.12. The third kappa shape index (κ3) is 2.68. The molecule has 6 heteroatoms. The Bertz CT molecular complexity index is 366. The normalized spacial score (nSPS) is 27.6. The van der Waals surface area contributed by atoms with E-state index in [1.807, 2.05) is 0 Å². The molecule has 1 amide bonds. The van der Waals surface area contributed by atoms with Crippen LogP contribution < -0.4 is 11.1 Å². The van der Waals surface area contributed by atoms with Crippen LogP contribution >= 0.6 is 0 Å². The van der Waals surface area contributed by atoms with Crippen LogP contribution in [0.2, 0.25) is 0 Å². The fourth-order valence-corrected chi connectivity index (χ4v) is 3.01. The van der Waals surface area contributed by atoms with Gasteiger partial charge in [0.05, 0.1) is 0 Å². The predicted molar refractivity (Wildman–Crippen MR) is 73.0 cm³/mol. The van der Waals surface area contributed by atoms with Gasteiger partial charge < -0.3 is 21.2 Å². The number of likely N-dealkylation sites (tertiary alicyclic amines) is 1. The number of nitrogens with two attached hydrogens (primary N) is 1. The average molecular weight is 268 g/mol. The summed E-state index contributed by atoms with van der Waals surface area (Å²) in [6.45, 7) is 5.15. The highest BCUT2D eigenvalue weighted by molar-refractivity contribution is 6.07. The second-order valence-electron chi connectivity index (χ2n) is 5.63. The summed E-state index contributed by atoms with van der Waals surface area (Å²) >= 11 is 0. The Hall–Kier alpha value is -1.30. The van der Waals surface area contributed by atoms with Gasteiger partial charge in [0.1, 0.15) is 5.41 Å². The Morgan fingerprint density at radius 1 is 1.53 bits per heavy atom. The maximum Gasteiger partial charge on any atom is 0.234 e. The van der Waals surface area contributed by atoms with Gasteiger partial charge in [0.2, 0.25) is 5.91 Å². The monoisotopic (exact) mass is 268 g/mol. The van der Waals surface area contributed by atoms with Crippen molar-refractivity contribution in [1.82, 2.24) is 10.2 Å². The van der Waals surface area contributed by atoms with Crippen LogP contribution in [0.25, 0.3) is 0 Å². The molecule has 108 valence electrons. The molecule has 4 N–H and O–H groups in total. The zero-order chi connectivity index (χ0) is 13.9. The van der Waals surface area contributed by atoms with E-state index in [4.69, 9.17) is 10.9 Å². The van der Waals surface area contributed by atoms with Crippen molar-refractivity contribution in [2.75, 3.05) is 19.6 Å². The molecule has 1 atom stereocenters. The molecule has 0 bridgehead atoms. The Morgan fingerprint density at radius 3 is 2.79 bits per heavy atom. The van der Waals surface area contributed by atoms with Gasteiger partial charge in [-0.15, -0.1) is 0 Å². The molecule has 2 aliphatic rings. The molecule has 2 rings (SSSR count). The van der Waals surface area contributed by atoms with Crippen molar-refractivity contribution in [3.05, 3.63) is 0 Å². The summed E-state index contributed by atoms with van der Waals surface area (Å²) in [4.78, 5) is 14.7. The maximum absolute atomic E-state index is 12.4. The number of hydrogen-bond acceptors (Lipinski definition) is 4. The van der Waals surface area contributed by atoms with Crippen molar-refractivity contribution in [2.45, 2.75) is 45.1 Å². The molecule has 1 aliphatic heterocycles. The number of amides is 1. The van der Waals surface area contributed by atoms with Crippen LogP contribution in [-0.2, 0) is 4.79 Å². The molecule has 0 radical (unpaired) electrons. The first-order valence-corrected chi connectivity index (χ1v) is 7.13. The number of likely N-dealkylation sites (N-methyl/N-ethyl adjacent to an activating group) is 1. The van der Waals surface area contributed by atoms with Crippen LogP contribution in [0.1, 0.15) is 39.0 Å². The van der Waals surface area contributed by atoms with E-state index in [1.54, 1.807) is 0 Å². The van der Waals surface area contributed by atoms with Gasteiger partial charge >= 0.3 is 0 Å². The lowest BCUT2D eigenvalue weighted by Gasteiger charge is -2.41. The lowest BCUT2D eigenvalue weighted by molar-refractivity contribution is -0.132. The number of piperidine rings is 1. The second-order valence-corrected chi connectivity index (χ2v) is 5.63. The molecule has 1 unspecified atom stereocenters. The van der Waals surface area contributed by atoms with Gasteiger partial charge in [0, 0.05) is 12.6 Å². The minimum absolute atomic E-state index is 0.0550. The van der Waals surface area contributed by atoms with Crippen LogP contribution in [0.5, 0.6) is 0 Å². The van der Waals surface area contributed by atoms with E-state index in [0.29, 0.717) is 12.8 Å². The fraction of sp³-hybridized carbons (Fsp3) is 0.846. The van der Waals surface area contributed by atoms with E-state index < -0.39 is 5.41 Å². The molecular weight excluding hydrogens is 244 g/mol. The molecule has 6 nitrogen and oxygen atoms in total. The van der Waals surface area contributed by atoms with Gasteiger partial charge in [-0.1, -0.05) is 18.5 Å². The molecule has 1 heterocycles. The van der Waals surface area contributed by atoms with Gasteiger partial charge in [-0.3, -0.25) is 4.79 Å². The quantitative estimate of drug-likeness (QED) is 0.300. The molecule has 19 heavy (non-hydrogen) atoms. The lowest BCUT2D eigenvalue weighted by atomic mass is 9.67.